The van der Waals surface area contributed by atoms with Crippen LogP contribution in [-0.2, 0) is 25.0 Å². The Morgan fingerprint density at radius 3 is 2.80 bits per heavy atom. The molecule has 5 heteroatoms. The van der Waals surface area contributed by atoms with Crippen LogP contribution in [0.5, 0.6) is 0 Å². The van der Waals surface area contributed by atoms with Crippen molar-refractivity contribution in [1.82, 2.24) is 4.57 Å². The number of pyridine rings is 1. The Hall–Kier alpha value is -0.234. The van der Waals surface area contributed by atoms with Gasteiger partial charge < -0.3 is 9.36 Å². The van der Waals surface area contributed by atoms with Crippen LogP contribution in [0.4, 0.5) is 0 Å². The zero-order chi connectivity index (χ0) is 12.3. The van der Waals surface area contributed by atoms with Crippen molar-refractivity contribution in [1.29, 1.82) is 0 Å². The van der Waals surface area contributed by atoms with Gasteiger partial charge in [-0.3, -0.25) is 17.5 Å². The Morgan fingerprint density at radius 1 is 1.25 bits per heavy atom. The molecule has 2 aromatic heterocycles. The van der Waals surface area contributed by atoms with Crippen molar-refractivity contribution in [2.45, 2.75) is 13.3 Å². The number of thiophene rings is 1. The van der Waals surface area contributed by atoms with E-state index in [1.54, 1.807) is 11.3 Å². The van der Waals surface area contributed by atoms with Gasteiger partial charge in [-0.2, -0.15) is 0 Å². The van der Waals surface area contributed by atoms with Gasteiger partial charge in [-0.1, -0.05) is 39.0 Å². The second-order valence-corrected chi connectivity index (χ2v) is 5.71. The van der Waals surface area contributed by atoms with Gasteiger partial charge in [-0.25, -0.2) is 11.3 Å². The SMILES string of the molecule is Cc1[c-]c2c(=O)[c-]c3n(c2s1)-c1ccccc1C3.[U].[V]. The molecule has 0 amide bonds. The summed E-state index contributed by atoms with van der Waals surface area (Å²) in [6.07, 6.45) is 0.790. The maximum Gasteiger partial charge on any atom is 0.0359 e. The minimum atomic E-state index is -0.0339. The van der Waals surface area contributed by atoms with Crippen LogP contribution >= 0.6 is 11.3 Å². The van der Waals surface area contributed by atoms with Crippen molar-refractivity contribution in [2.24, 2.45) is 0 Å². The summed E-state index contributed by atoms with van der Waals surface area (Å²) in [5, 5.41) is 0.665. The van der Waals surface area contributed by atoms with Gasteiger partial charge in [0.15, 0.2) is 0 Å². The second-order valence-electron chi connectivity index (χ2n) is 4.51. The minimum Gasteiger partial charge on any atom is -0.408 e. The van der Waals surface area contributed by atoms with E-state index in [9.17, 15) is 4.79 Å². The molecule has 97 valence electrons. The van der Waals surface area contributed by atoms with Crippen molar-refractivity contribution >= 4 is 21.6 Å². The summed E-state index contributed by atoms with van der Waals surface area (Å²) in [7, 11) is 0. The molecule has 1 radical (unpaired) electrons. The van der Waals surface area contributed by atoms with E-state index in [0.29, 0.717) is 5.39 Å². The van der Waals surface area contributed by atoms with E-state index >= 15 is 0 Å². The molecule has 0 N–H and O–H groups in total. The van der Waals surface area contributed by atoms with Crippen LogP contribution in [0.3, 0.4) is 0 Å². The Balaban J connectivity index is 0.000000735. The van der Waals surface area contributed by atoms with Crippen LogP contribution in [-0.4, -0.2) is 4.57 Å². The molecule has 0 fully saturated rings. The van der Waals surface area contributed by atoms with Gasteiger partial charge >= 0.3 is 0 Å². The Labute approximate surface area is 156 Å². The Kier molecular flexibility index (Phi) is 4.74. The monoisotopic (exact) mass is 540 g/mol. The molecule has 20 heavy (non-hydrogen) atoms. The molecule has 1 aliphatic heterocycles. The average molecular weight is 540 g/mol. The molecule has 4 rings (SSSR count). The summed E-state index contributed by atoms with van der Waals surface area (Å²) in [5.74, 6) is 0. The average Bonchev–Trinajstić information content (AvgIpc) is 2.88. The van der Waals surface area contributed by atoms with E-state index in [4.69, 9.17) is 0 Å². The maximum absolute atomic E-state index is 12.0. The molecule has 1 aliphatic rings. The van der Waals surface area contributed by atoms with Crippen molar-refractivity contribution < 1.29 is 49.7 Å². The third-order valence-corrected chi connectivity index (χ3v) is 4.30. The molecular formula is C15H9NOSUV-2. The molecular weight excluding hydrogens is 531 g/mol. The van der Waals surface area contributed by atoms with E-state index in [1.807, 2.05) is 19.1 Å². The zero-order valence-electron chi connectivity index (χ0n) is 10.7. The van der Waals surface area contributed by atoms with Crippen LogP contribution in [0, 0.1) is 50.2 Å². The Bertz CT molecular complexity index is 853. The largest absolute Gasteiger partial charge is 0.408 e. The third-order valence-electron chi connectivity index (χ3n) is 3.31. The summed E-state index contributed by atoms with van der Waals surface area (Å²) in [5.41, 5.74) is 3.35. The number of fused-ring (bicyclic) bond motifs is 5. The fourth-order valence-corrected chi connectivity index (χ4v) is 3.56. The summed E-state index contributed by atoms with van der Waals surface area (Å²) < 4.78 is 2.15. The fraction of sp³-hybridized carbons (Fsp3) is 0.133. The van der Waals surface area contributed by atoms with E-state index in [1.165, 1.54) is 11.3 Å². The summed E-state index contributed by atoms with van der Waals surface area (Å²) in [6.45, 7) is 1.98. The molecule has 3 aromatic rings. The van der Waals surface area contributed by atoms with Crippen LogP contribution < -0.4 is 5.43 Å². The van der Waals surface area contributed by atoms with Gasteiger partial charge in [-0.05, 0) is 25.0 Å². The standard InChI is InChI=1S/C15H9NOS.U.V/c1-9-6-12-14(17)8-11-7-10-4-2-3-5-13(10)16(11)15(12)18-9;;/h2-5H,7H2,1H3;;/q-2;;. The molecule has 0 unspecified atom stereocenters. The van der Waals surface area contributed by atoms with Gasteiger partial charge in [0, 0.05) is 55.4 Å². The molecule has 0 saturated carbocycles. The molecule has 3 heterocycles. The molecule has 1 aromatic carbocycles. The molecule has 0 bridgehead atoms. The second kappa shape index (κ2) is 5.87. The smallest absolute Gasteiger partial charge is 0.0359 e. The molecule has 0 atom stereocenters. The number of aryl methyl sites for hydroxylation is 1. The van der Waals surface area contributed by atoms with Gasteiger partial charge in [0.2, 0.25) is 0 Å². The van der Waals surface area contributed by atoms with Crippen LogP contribution in [0.25, 0.3) is 15.9 Å². The van der Waals surface area contributed by atoms with Crippen molar-refractivity contribution in [3.05, 3.63) is 62.8 Å². The number of hydrogen-bond acceptors (Lipinski definition) is 2. The van der Waals surface area contributed by atoms with Crippen LogP contribution in [0.15, 0.2) is 29.1 Å². The first-order valence-electron chi connectivity index (χ1n) is 5.82. The summed E-state index contributed by atoms with van der Waals surface area (Å²) >= 11 is 1.62. The normalized spacial score (nSPS) is 11.4. The van der Waals surface area contributed by atoms with Gasteiger partial charge in [0.1, 0.15) is 0 Å². The minimum absolute atomic E-state index is 0. The predicted octanol–water partition coefficient (Wildman–Crippen LogP) is 2.86. The molecule has 0 aliphatic carbocycles. The summed E-state index contributed by atoms with van der Waals surface area (Å²) in [6, 6.07) is 14.4. The van der Waals surface area contributed by atoms with Crippen molar-refractivity contribution in [3.63, 3.8) is 0 Å². The van der Waals surface area contributed by atoms with E-state index in [0.717, 1.165) is 21.8 Å². The first-order chi connectivity index (χ1) is 8.74. The number of nitrogens with zero attached hydrogens (tertiary/aromatic N) is 1. The molecule has 2 nitrogen and oxygen atoms in total. The van der Waals surface area contributed by atoms with E-state index in [2.05, 4.69) is 28.8 Å². The molecule has 0 spiro atoms. The quantitative estimate of drug-likeness (QED) is 0.315. The van der Waals surface area contributed by atoms with Crippen molar-refractivity contribution in [2.75, 3.05) is 0 Å². The maximum atomic E-state index is 12.0. The van der Waals surface area contributed by atoms with Crippen LogP contribution in [0.2, 0.25) is 0 Å². The Morgan fingerprint density at radius 2 is 2.00 bits per heavy atom. The number of hydrogen-bond donors (Lipinski definition) is 0. The first-order valence-corrected chi connectivity index (χ1v) is 6.63. The zero-order valence-corrected chi connectivity index (χ0v) is 17.1. The van der Waals surface area contributed by atoms with Crippen molar-refractivity contribution in [3.8, 4) is 5.69 Å². The number of para-hydroxylation sites is 1. The van der Waals surface area contributed by atoms with Gasteiger partial charge in [0.25, 0.3) is 0 Å². The summed E-state index contributed by atoms with van der Waals surface area (Å²) in [4.78, 5) is 14.0. The number of rotatable bonds is 0. The third kappa shape index (κ3) is 2.28. The van der Waals surface area contributed by atoms with Gasteiger partial charge in [-0.15, -0.1) is 0 Å². The topological polar surface area (TPSA) is 22.0 Å². The van der Waals surface area contributed by atoms with Crippen LogP contribution in [0.1, 0.15) is 16.1 Å². The number of aromatic nitrogens is 1. The van der Waals surface area contributed by atoms with E-state index < -0.39 is 0 Å². The molecule has 0 saturated heterocycles. The number of benzene rings is 1. The van der Waals surface area contributed by atoms with E-state index in [-0.39, 0.29) is 55.1 Å². The first kappa shape index (κ1) is 16.1. The fourth-order valence-electron chi connectivity index (χ4n) is 2.57. The predicted molar refractivity (Wildman–Crippen MR) is 72.6 cm³/mol. The van der Waals surface area contributed by atoms with Gasteiger partial charge in [0.05, 0.1) is 0 Å².